The van der Waals surface area contributed by atoms with Crippen molar-refractivity contribution in [2.75, 3.05) is 19.9 Å². The molecule has 1 N–H and O–H groups in total. The van der Waals surface area contributed by atoms with Gasteiger partial charge in [-0.3, -0.25) is 0 Å². The van der Waals surface area contributed by atoms with Gasteiger partial charge in [0.25, 0.3) is 0 Å². The van der Waals surface area contributed by atoms with Crippen molar-refractivity contribution in [3.8, 4) is 0 Å². The Morgan fingerprint density at radius 2 is 2.15 bits per heavy atom. The van der Waals surface area contributed by atoms with Gasteiger partial charge in [-0.2, -0.15) is 0 Å². The van der Waals surface area contributed by atoms with E-state index in [0.717, 1.165) is 19.3 Å². The van der Waals surface area contributed by atoms with Gasteiger partial charge in [0.1, 0.15) is 5.82 Å². The molecular weight excluding hydrogens is 296 g/mol. The molecule has 0 aromatic heterocycles. The summed E-state index contributed by atoms with van der Waals surface area (Å²) < 4.78 is 26.0. The van der Waals surface area contributed by atoms with Crippen LogP contribution >= 0.6 is 18.7 Å². The number of hydrogen-bond donors (Lipinski definition) is 1. The van der Waals surface area contributed by atoms with E-state index in [4.69, 9.17) is 11.6 Å². The SMILES string of the molecule is CP(C)(=O)C1CCCC1NCCc1cccc(Cl)c1F. The molecule has 2 atom stereocenters. The van der Waals surface area contributed by atoms with Crippen molar-refractivity contribution < 1.29 is 8.96 Å². The molecule has 0 radical (unpaired) electrons. The van der Waals surface area contributed by atoms with E-state index in [1.807, 2.05) is 13.3 Å². The number of hydrogen-bond acceptors (Lipinski definition) is 2. The monoisotopic (exact) mass is 317 g/mol. The molecule has 1 aliphatic carbocycles. The lowest BCUT2D eigenvalue weighted by atomic mass is 10.1. The fraction of sp³-hybridized carbons (Fsp3) is 0.600. The topological polar surface area (TPSA) is 29.1 Å². The van der Waals surface area contributed by atoms with Gasteiger partial charge < -0.3 is 9.88 Å². The van der Waals surface area contributed by atoms with E-state index in [1.165, 1.54) is 0 Å². The van der Waals surface area contributed by atoms with Crippen LogP contribution in [0.5, 0.6) is 0 Å². The fourth-order valence-electron chi connectivity index (χ4n) is 3.06. The average molecular weight is 318 g/mol. The molecule has 0 bridgehead atoms. The zero-order valence-corrected chi connectivity index (χ0v) is 13.7. The Morgan fingerprint density at radius 1 is 1.40 bits per heavy atom. The number of halogens is 2. The molecule has 2 rings (SSSR count). The minimum absolute atomic E-state index is 0.174. The molecule has 2 unspecified atom stereocenters. The van der Waals surface area contributed by atoms with Crippen molar-refractivity contribution >= 4 is 18.7 Å². The second-order valence-electron chi connectivity index (χ2n) is 5.96. The fourth-order valence-corrected chi connectivity index (χ4v) is 5.18. The summed E-state index contributed by atoms with van der Waals surface area (Å²) in [7, 11) is -2.06. The van der Waals surface area contributed by atoms with Gasteiger partial charge in [-0.15, -0.1) is 0 Å². The number of nitrogens with one attached hydrogen (secondary N) is 1. The van der Waals surface area contributed by atoms with Crippen LogP contribution in [0.3, 0.4) is 0 Å². The Labute approximate surface area is 125 Å². The lowest BCUT2D eigenvalue weighted by molar-refractivity contribution is 0.506. The average Bonchev–Trinajstić information content (AvgIpc) is 2.83. The minimum Gasteiger partial charge on any atom is -0.324 e. The Balaban J connectivity index is 1.90. The Kier molecular flexibility index (Phi) is 5.28. The zero-order valence-electron chi connectivity index (χ0n) is 12.0. The molecule has 1 aromatic carbocycles. The van der Waals surface area contributed by atoms with Crippen LogP contribution < -0.4 is 5.32 Å². The van der Waals surface area contributed by atoms with Gasteiger partial charge in [0.2, 0.25) is 0 Å². The van der Waals surface area contributed by atoms with Crippen molar-refractivity contribution in [2.24, 2.45) is 0 Å². The molecule has 112 valence electrons. The van der Waals surface area contributed by atoms with Crippen LogP contribution in [0, 0.1) is 5.82 Å². The Hall–Kier alpha value is -0.370. The smallest absolute Gasteiger partial charge is 0.145 e. The molecule has 5 heteroatoms. The molecule has 1 aliphatic rings. The molecular formula is C15H22ClFNOP. The molecule has 1 saturated carbocycles. The molecule has 0 saturated heterocycles. The predicted molar refractivity (Wildman–Crippen MR) is 84.0 cm³/mol. The maximum atomic E-state index is 13.8. The third kappa shape index (κ3) is 3.84. The predicted octanol–water partition coefficient (Wildman–Crippen LogP) is 4.16. The number of benzene rings is 1. The highest BCUT2D eigenvalue weighted by molar-refractivity contribution is 7.63. The number of rotatable bonds is 5. The van der Waals surface area contributed by atoms with Gasteiger partial charge >= 0.3 is 0 Å². The van der Waals surface area contributed by atoms with Gasteiger partial charge in [-0.25, -0.2) is 4.39 Å². The maximum Gasteiger partial charge on any atom is 0.145 e. The third-order valence-electron chi connectivity index (χ3n) is 4.11. The van der Waals surface area contributed by atoms with Crippen molar-refractivity contribution in [1.29, 1.82) is 0 Å². The van der Waals surface area contributed by atoms with E-state index < -0.39 is 7.14 Å². The van der Waals surface area contributed by atoms with Crippen molar-refractivity contribution in [3.63, 3.8) is 0 Å². The lowest BCUT2D eigenvalue weighted by Gasteiger charge is -2.24. The molecule has 0 amide bonds. The summed E-state index contributed by atoms with van der Waals surface area (Å²) in [6.45, 7) is 4.43. The first-order valence-corrected chi connectivity index (χ1v) is 10.2. The van der Waals surface area contributed by atoms with E-state index in [9.17, 15) is 8.96 Å². The van der Waals surface area contributed by atoms with Gasteiger partial charge in [-0.1, -0.05) is 30.2 Å². The molecule has 2 nitrogen and oxygen atoms in total. The summed E-state index contributed by atoms with van der Waals surface area (Å²) >= 11 is 5.77. The normalized spacial score (nSPS) is 23.2. The molecule has 0 aliphatic heterocycles. The summed E-state index contributed by atoms with van der Waals surface area (Å²) in [4.78, 5) is 0. The van der Waals surface area contributed by atoms with Crippen molar-refractivity contribution in [2.45, 2.75) is 37.4 Å². The van der Waals surface area contributed by atoms with Crippen LogP contribution in [0.25, 0.3) is 0 Å². The highest BCUT2D eigenvalue weighted by atomic mass is 35.5. The summed E-state index contributed by atoms with van der Waals surface area (Å²) in [6.07, 6.45) is 3.83. The van der Waals surface area contributed by atoms with Gasteiger partial charge in [-0.05, 0) is 50.8 Å². The van der Waals surface area contributed by atoms with Crippen LogP contribution in [0.15, 0.2) is 18.2 Å². The quantitative estimate of drug-likeness (QED) is 0.826. The molecule has 0 heterocycles. The second-order valence-corrected chi connectivity index (χ2v) is 9.89. The standard InChI is InChI=1S/C15H22ClFNOP/c1-20(2,19)14-8-4-7-13(14)18-10-9-11-5-3-6-12(16)15(11)17/h3,5-6,13-14,18H,4,7-10H2,1-2H3. The Morgan fingerprint density at radius 3 is 2.85 bits per heavy atom. The summed E-state index contributed by atoms with van der Waals surface area (Å²) in [5, 5.41) is 3.63. The van der Waals surface area contributed by atoms with Crippen molar-refractivity contribution in [1.82, 2.24) is 5.32 Å². The van der Waals surface area contributed by atoms with Gasteiger partial charge in [0.05, 0.1) is 12.2 Å². The van der Waals surface area contributed by atoms with Crippen LogP contribution in [-0.4, -0.2) is 31.6 Å². The Bertz CT molecular complexity index is 517. The summed E-state index contributed by atoms with van der Waals surface area (Å²) in [5.41, 5.74) is 0.905. The maximum absolute atomic E-state index is 13.8. The van der Waals surface area contributed by atoms with Gasteiger partial charge in [0.15, 0.2) is 0 Å². The summed E-state index contributed by atoms with van der Waals surface area (Å²) in [6, 6.07) is 5.40. The highest BCUT2D eigenvalue weighted by Gasteiger charge is 2.35. The molecule has 0 spiro atoms. The van der Waals surface area contributed by atoms with Crippen molar-refractivity contribution in [3.05, 3.63) is 34.6 Å². The van der Waals surface area contributed by atoms with Crippen LogP contribution in [0.4, 0.5) is 4.39 Å². The van der Waals surface area contributed by atoms with E-state index in [2.05, 4.69) is 5.32 Å². The van der Waals surface area contributed by atoms with Crippen LogP contribution in [0.2, 0.25) is 5.02 Å². The first-order chi connectivity index (χ1) is 9.39. The van der Waals surface area contributed by atoms with E-state index in [0.29, 0.717) is 24.6 Å². The summed E-state index contributed by atoms with van der Waals surface area (Å²) in [5.74, 6) is -0.324. The first kappa shape index (κ1) is 16.0. The van der Waals surface area contributed by atoms with Crippen LogP contribution in [-0.2, 0) is 11.0 Å². The van der Waals surface area contributed by atoms with E-state index in [1.54, 1.807) is 18.2 Å². The largest absolute Gasteiger partial charge is 0.324 e. The minimum atomic E-state index is -2.06. The van der Waals surface area contributed by atoms with E-state index in [-0.39, 0.29) is 16.5 Å². The zero-order chi connectivity index (χ0) is 14.8. The van der Waals surface area contributed by atoms with Crippen LogP contribution in [0.1, 0.15) is 24.8 Å². The highest BCUT2D eigenvalue weighted by Crippen LogP contribution is 2.50. The van der Waals surface area contributed by atoms with Gasteiger partial charge in [0, 0.05) is 11.7 Å². The molecule has 1 fully saturated rings. The third-order valence-corrected chi connectivity index (χ3v) is 6.62. The molecule has 20 heavy (non-hydrogen) atoms. The molecule has 1 aromatic rings. The van der Waals surface area contributed by atoms with E-state index >= 15 is 0 Å². The lowest BCUT2D eigenvalue weighted by Crippen LogP contribution is -2.36. The first-order valence-electron chi connectivity index (χ1n) is 7.10. The second kappa shape index (κ2) is 6.60.